The number of hydrogen-bond donors (Lipinski definition) is 1. The molecule has 0 unspecified atom stereocenters. The van der Waals surface area contributed by atoms with Crippen molar-refractivity contribution < 1.29 is 9.18 Å². The molecule has 0 aliphatic carbocycles. The van der Waals surface area contributed by atoms with Crippen molar-refractivity contribution in [3.63, 3.8) is 0 Å². The largest absolute Gasteiger partial charge is 0.322 e. The van der Waals surface area contributed by atoms with Crippen LogP contribution in [0.4, 0.5) is 14.9 Å². The van der Waals surface area contributed by atoms with E-state index in [1.165, 1.54) is 17.0 Å². The summed E-state index contributed by atoms with van der Waals surface area (Å²) >= 11 is 0. The number of nitrogens with zero attached hydrogens (tertiary/aromatic N) is 1. The lowest BCUT2D eigenvalue weighted by Gasteiger charge is -2.19. The second-order valence-corrected chi connectivity index (χ2v) is 3.39. The van der Waals surface area contributed by atoms with E-state index in [4.69, 9.17) is 0 Å². The minimum absolute atomic E-state index is 0.163. The number of hydrogen-bond acceptors (Lipinski definition) is 1. The van der Waals surface area contributed by atoms with Crippen LogP contribution in [-0.2, 0) is 0 Å². The summed E-state index contributed by atoms with van der Waals surface area (Å²) in [5.41, 5.74) is 0.163. The molecule has 1 aromatic rings. The fourth-order valence-corrected chi connectivity index (χ4v) is 1.31. The van der Waals surface area contributed by atoms with Gasteiger partial charge in [-0.1, -0.05) is 24.3 Å². The molecule has 1 rings (SSSR count). The van der Waals surface area contributed by atoms with Gasteiger partial charge in [-0.2, -0.15) is 0 Å². The standard InChI is InChI=1S/C13H15FN2O/c1-3-9-16(10-4-2)13(17)15-12-8-6-5-7-11(12)14/h3-8H,1-2,9-10H2,(H,15,17). The molecule has 0 saturated carbocycles. The highest BCUT2D eigenvalue weighted by molar-refractivity contribution is 5.89. The zero-order chi connectivity index (χ0) is 12.7. The number of carbonyl (C=O) groups excluding carboxylic acids is 1. The van der Waals surface area contributed by atoms with Crippen molar-refractivity contribution >= 4 is 11.7 Å². The third kappa shape index (κ3) is 3.75. The lowest BCUT2D eigenvalue weighted by molar-refractivity contribution is 0.222. The van der Waals surface area contributed by atoms with E-state index in [9.17, 15) is 9.18 Å². The number of carbonyl (C=O) groups is 1. The SMILES string of the molecule is C=CCN(CC=C)C(=O)Nc1ccccc1F. The van der Waals surface area contributed by atoms with Gasteiger partial charge in [0.15, 0.2) is 0 Å². The molecule has 0 radical (unpaired) electrons. The topological polar surface area (TPSA) is 32.3 Å². The number of amides is 2. The Kier molecular flexibility index (Phi) is 4.94. The molecule has 0 aliphatic heterocycles. The number of rotatable bonds is 5. The lowest BCUT2D eigenvalue weighted by Crippen LogP contribution is -2.35. The summed E-state index contributed by atoms with van der Waals surface area (Å²) in [6, 6.07) is 5.64. The Balaban J connectivity index is 2.72. The molecule has 0 heterocycles. The van der Waals surface area contributed by atoms with E-state index in [1.54, 1.807) is 24.3 Å². The molecule has 1 aromatic carbocycles. The quantitative estimate of drug-likeness (QED) is 0.780. The van der Waals surface area contributed by atoms with Crippen LogP contribution in [0.2, 0.25) is 0 Å². The maximum absolute atomic E-state index is 13.3. The van der Waals surface area contributed by atoms with E-state index in [1.807, 2.05) is 0 Å². The molecule has 0 fully saturated rings. The molecule has 3 nitrogen and oxygen atoms in total. The molecule has 2 amide bonds. The predicted molar refractivity (Wildman–Crippen MR) is 67.4 cm³/mol. The third-order valence-corrected chi connectivity index (χ3v) is 2.10. The molecular formula is C13H15FN2O. The number of nitrogens with one attached hydrogen (secondary N) is 1. The second-order valence-electron chi connectivity index (χ2n) is 3.39. The molecule has 4 heteroatoms. The molecule has 0 atom stereocenters. The van der Waals surface area contributed by atoms with Crippen molar-refractivity contribution in [1.82, 2.24) is 4.90 Å². The Morgan fingerprint density at radius 2 is 1.88 bits per heavy atom. The Morgan fingerprint density at radius 3 is 2.41 bits per heavy atom. The highest BCUT2D eigenvalue weighted by atomic mass is 19.1. The summed E-state index contributed by atoms with van der Waals surface area (Å²) < 4.78 is 13.3. The first-order chi connectivity index (χ1) is 8.19. The summed E-state index contributed by atoms with van der Waals surface area (Å²) in [5, 5.41) is 2.50. The van der Waals surface area contributed by atoms with Crippen molar-refractivity contribution in [2.75, 3.05) is 18.4 Å². The maximum Gasteiger partial charge on any atom is 0.322 e. The zero-order valence-corrected chi connectivity index (χ0v) is 9.53. The van der Waals surface area contributed by atoms with Crippen LogP contribution in [0.5, 0.6) is 0 Å². The molecule has 0 saturated heterocycles. The number of halogens is 1. The Morgan fingerprint density at radius 1 is 1.29 bits per heavy atom. The lowest BCUT2D eigenvalue weighted by atomic mass is 10.3. The van der Waals surface area contributed by atoms with Crippen molar-refractivity contribution in [2.45, 2.75) is 0 Å². The van der Waals surface area contributed by atoms with E-state index < -0.39 is 5.82 Å². The van der Waals surface area contributed by atoms with E-state index in [2.05, 4.69) is 18.5 Å². The summed E-state index contributed by atoms with van der Waals surface area (Å²) in [4.78, 5) is 13.3. The number of para-hydroxylation sites is 1. The van der Waals surface area contributed by atoms with Gasteiger partial charge in [0.25, 0.3) is 0 Å². The van der Waals surface area contributed by atoms with Crippen LogP contribution in [0.3, 0.4) is 0 Å². The summed E-state index contributed by atoms with van der Waals surface area (Å²) in [6.07, 6.45) is 3.20. The molecule has 90 valence electrons. The Bertz CT molecular complexity index is 408. The number of benzene rings is 1. The molecule has 0 bridgehead atoms. The number of anilines is 1. The van der Waals surface area contributed by atoms with E-state index in [0.29, 0.717) is 13.1 Å². The predicted octanol–water partition coefficient (Wildman–Crippen LogP) is 3.03. The van der Waals surface area contributed by atoms with Gasteiger partial charge in [0.1, 0.15) is 5.82 Å². The van der Waals surface area contributed by atoms with Crippen LogP contribution in [0, 0.1) is 5.82 Å². The normalized spacial score (nSPS) is 9.47. The van der Waals surface area contributed by atoms with Gasteiger partial charge in [0.2, 0.25) is 0 Å². The van der Waals surface area contributed by atoms with Gasteiger partial charge in [-0.3, -0.25) is 0 Å². The number of urea groups is 1. The molecule has 0 aliphatic rings. The van der Waals surface area contributed by atoms with Crippen molar-refractivity contribution in [1.29, 1.82) is 0 Å². The van der Waals surface area contributed by atoms with Crippen LogP contribution in [0.15, 0.2) is 49.6 Å². The van der Waals surface area contributed by atoms with E-state index >= 15 is 0 Å². The van der Waals surface area contributed by atoms with Crippen LogP contribution in [0.1, 0.15) is 0 Å². The van der Waals surface area contributed by atoms with Gasteiger partial charge in [0.05, 0.1) is 5.69 Å². The highest BCUT2D eigenvalue weighted by Crippen LogP contribution is 2.13. The van der Waals surface area contributed by atoms with Gasteiger partial charge < -0.3 is 10.2 Å². The minimum atomic E-state index is -0.460. The van der Waals surface area contributed by atoms with Crippen molar-refractivity contribution in [3.05, 3.63) is 55.4 Å². The van der Waals surface area contributed by atoms with Crippen LogP contribution in [-0.4, -0.2) is 24.0 Å². The van der Waals surface area contributed by atoms with E-state index in [-0.39, 0.29) is 11.7 Å². The first kappa shape index (κ1) is 13.0. The average molecular weight is 234 g/mol. The highest BCUT2D eigenvalue weighted by Gasteiger charge is 2.12. The first-order valence-corrected chi connectivity index (χ1v) is 5.21. The van der Waals surface area contributed by atoms with E-state index in [0.717, 1.165) is 0 Å². The summed E-state index contributed by atoms with van der Waals surface area (Å²) in [6.45, 7) is 7.88. The van der Waals surface area contributed by atoms with Crippen molar-refractivity contribution in [3.8, 4) is 0 Å². The molecule has 17 heavy (non-hydrogen) atoms. The average Bonchev–Trinajstić information content (AvgIpc) is 2.32. The van der Waals surface area contributed by atoms with Crippen molar-refractivity contribution in [2.24, 2.45) is 0 Å². The molecule has 0 spiro atoms. The Labute approximate surface area is 100 Å². The van der Waals surface area contributed by atoms with Crippen LogP contribution < -0.4 is 5.32 Å². The molecular weight excluding hydrogens is 219 g/mol. The fraction of sp³-hybridized carbons (Fsp3) is 0.154. The van der Waals surface area contributed by atoms with Gasteiger partial charge in [-0.05, 0) is 12.1 Å². The maximum atomic E-state index is 13.3. The van der Waals surface area contributed by atoms with Crippen LogP contribution in [0.25, 0.3) is 0 Å². The first-order valence-electron chi connectivity index (χ1n) is 5.21. The smallest absolute Gasteiger partial charge is 0.317 e. The van der Waals surface area contributed by atoms with Gasteiger partial charge >= 0.3 is 6.03 Å². The Hall–Kier alpha value is -2.10. The summed E-state index contributed by atoms with van der Waals surface area (Å²) in [7, 11) is 0. The van der Waals surface area contributed by atoms with Gasteiger partial charge in [-0.15, -0.1) is 13.2 Å². The zero-order valence-electron chi connectivity index (χ0n) is 9.53. The molecule has 0 aromatic heterocycles. The van der Waals surface area contributed by atoms with Gasteiger partial charge in [-0.25, -0.2) is 9.18 Å². The van der Waals surface area contributed by atoms with Gasteiger partial charge in [0, 0.05) is 13.1 Å². The minimum Gasteiger partial charge on any atom is -0.317 e. The fourth-order valence-electron chi connectivity index (χ4n) is 1.31. The van der Waals surface area contributed by atoms with Crippen LogP contribution >= 0.6 is 0 Å². The second kappa shape index (κ2) is 6.48. The monoisotopic (exact) mass is 234 g/mol. The third-order valence-electron chi connectivity index (χ3n) is 2.10. The summed E-state index contributed by atoms with van der Waals surface area (Å²) in [5.74, 6) is -0.460. The molecule has 1 N–H and O–H groups in total.